The first-order valence-corrected chi connectivity index (χ1v) is 14.2. The summed E-state index contributed by atoms with van der Waals surface area (Å²) in [5, 5.41) is 5.99. The highest BCUT2D eigenvalue weighted by molar-refractivity contribution is 7.14. The molecule has 0 unspecified atom stereocenters. The van der Waals surface area contributed by atoms with E-state index in [-0.39, 0.29) is 36.9 Å². The molecular weight excluding hydrogens is 518 g/mol. The standard InChI is InChI=1S/C28H37N5O5S/c1-28(2,3)24(26(36)33-14-21(37-5)23-22(33)20(34)15-38-23)30-25(35)18-8-6-17(7-9-18)19-16-39-27(29-19)32-12-10-31(4)11-13-32/h6-9,16,21-24H,10-15H2,1-5H3,(H,30,35)/t21-,22+,23+,24+/m0/s1. The van der Waals surface area contributed by atoms with Crippen LogP contribution in [0.2, 0.25) is 0 Å². The van der Waals surface area contributed by atoms with Crippen molar-refractivity contribution in [2.75, 3.05) is 58.4 Å². The number of aromatic nitrogens is 1. The molecule has 10 nitrogen and oxygen atoms in total. The molecule has 210 valence electrons. The van der Waals surface area contributed by atoms with E-state index in [9.17, 15) is 14.4 Å². The summed E-state index contributed by atoms with van der Waals surface area (Å²) in [6.45, 7) is 9.86. The average molecular weight is 556 g/mol. The number of nitrogens with zero attached hydrogens (tertiary/aromatic N) is 4. The molecule has 3 fully saturated rings. The normalized spacial score (nSPS) is 24.6. The number of ether oxygens (including phenoxy) is 2. The fourth-order valence-corrected chi connectivity index (χ4v) is 6.30. The number of Topliss-reactive ketones (excluding diaryl/α,β-unsaturated/α-hetero) is 1. The van der Waals surface area contributed by atoms with E-state index in [1.807, 2.05) is 38.3 Å². The predicted octanol–water partition coefficient (Wildman–Crippen LogP) is 1.90. The molecule has 1 aromatic heterocycles. The summed E-state index contributed by atoms with van der Waals surface area (Å²) in [6, 6.07) is 5.76. The van der Waals surface area contributed by atoms with E-state index in [4.69, 9.17) is 14.5 Å². The molecule has 2 amide bonds. The number of amides is 2. The molecule has 11 heteroatoms. The smallest absolute Gasteiger partial charge is 0.251 e. The van der Waals surface area contributed by atoms with Gasteiger partial charge in [-0.05, 0) is 24.6 Å². The van der Waals surface area contributed by atoms with Crippen LogP contribution in [-0.2, 0) is 19.1 Å². The molecule has 0 saturated carbocycles. The van der Waals surface area contributed by atoms with E-state index in [1.54, 1.807) is 30.6 Å². The highest BCUT2D eigenvalue weighted by Crippen LogP contribution is 2.32. The summed E-state index contributed by atoms with van der Waals surface area (Å²) in [5.41, 5.74) is 1.67. The third-order valence-electron chi connectivity index (χ3n) is 7.82. The number of hydrogen-bond acceptors (Lipinski definition) is 9. The Labute approximate surface area is 233 Å². The summed E-state index contributed by atoms with van der Waals surface area (Å²) in [5.74, 6) is -0.792. The maximum Gasteiger partial charge on any atom is 0.251 e. The lowest BCUT2D eigenvalue weighted by atomic mass is 9.85. The van der Waals surface area contributed by atoms with Gasteiger partial charge < -0.3 is 29.5 Å². The van der Waals surface area contributed by atoms with Crippen LogP contribution in [0.15, 0.2) is 29.6 Å². The molecule has 1 N–H and O–H groups in total. The predicted molar refractivity (Wildman–Crippen MR) is 149 cm³/mol. The number of benzene rings is 1. The van der Waals surface area contributed by atoms with Gasteiger partial charge in [-0.1, -0.05) is 32.9 Å². The van der Waals surface area contributed by atoms with Crippen LogP contribution in [0.1, 0.15) is 31.1 Å². The highest BCUT2D eigenvalue weighted by Gasteiger charge is 2.54. The molecule has 3 aliphatic rings. The molecule has 39 heavy (non-hydrogen) atoms. The van der Waals surface area contributed by atoms with Gasteiger partial charge in [0, 0.05) is 49.8 Å². The Hall–Kier alpha value is -2.86. The number of hydrogen-bond donors (Lipinski definition) is 1. The first-order valence-electron chi connectivity index (χ1n) is 13.3. The topological polar surface area (TPSA) is 104 Å². The lowest BCUT2D eigenvalue weighted by Gasteiger charge is -2.34. The fourth-order valence-electron chi connectivity index (χ4n) is 5.41. The van der Waals surface area contributed by atoms with E-state index in [2.05, 4.69) is 22.2 Å². The fraction of sp³-hybridized carbons (Fsp3) is 0.571. The van der Waals surface area contributed by atoms with E-state index in [0.717, 1.165) is 42.6 Å². The quantitative estimate of drug-likeness (QED) is 0.577. The van der Waals surface area contributed by atoms with Gasteiger partial charge >= 0.3 is 0 Å². The molecule has 0 radical (unpaired) electrons. The Morgan fingerprint density at radius 1 is 1.15 bits per heavy atom. The third-order valence-corrected chi connectivity index (χ3v) is 8.72. The van der Waals surface area contributed by atoms with Crippen LogP contribution in [0.3, 0.4) is 0 Å². The minimum Gasteiger partial charge on any atom is -0.377 e. The van der Waals surface area contributed by atoms with Crippen molar-refractivity contribution in [1.29, 1.82) is 0 Å². The number of likely N-dealkylation sites (tertiary alicyclic amines) is 1. The molecule has 4 heterocycles. The second-order valence-electron chi connectivity index (χ2n) is 11.6. The van der Waals surface area contributed by atoms with Crippen molar-refractivity contribution in [3.63, 3.8) is 0 Å². The van der Waals surface area contributed by atoms with Crippen molar-refractivity contribution in [2.45, 2.75) is 45.1 Å². The SMILES string of the molecule is CO[C@H]1CN(C(=O)[C@@H](NC(=O)c2ccc(-c3csc(N4CCN(C)CC4)n3)cc2)C(C)(C)C)[C@@H]2C(=O)CO[C@H]12. The third kappa shape index (κ3) is 5.58. The van der Waals surface area contributed by atoms with E-state index < -0.39 is 23.6 Å². The number of likely N-dealkylation sites (N-methyl/N-ethyl adjacent to an activating group) is 1. The molecule has 5 rings (SSSR count). The van der Waals surface area contributed by atoms with Crippen molar-refractivity contribution in [1.82, 2.24) is 20.1 Å². The molecule has 0 aliphatic carbocycles. The maximum atomic E-state index is 13.7. The molecular formula is C28H37N5O5S. The Kier molecular flexibility index (Phi) is 7.78. The van der Waals surface area contributed by atoms with Crippen LogP contribution in [0.25, 0.3) is 11.3 Å². The van der Waals surface area contributed by atoms with Gasteiger partial charge in [0.05, 0.1) is 12.2 Å². The van der Waals surface area contributed by atoms with E-state index >= 15 is 0 Å². The maximum absolute atomic E-state index is 13.7. The zero-order valence-corrected chi connectivity index (χ0v) is 24.0. The van der Waals surface area contributed by atoms with Crippen molar-refractivity contribution >= 4 is 34.1 Å². The number of methoxy groups -OCH3 is 1. The molecule has 0 spiro atoms. The number of piperazine rings is 1. The van der Waals surface area contributed by atoms with Crippen LogP contribution in [0, 0.1) is 5.41 Å². The average Bonchev–Trinajstić information content (AvgIpc) is 3.64. The van der Waals surface area contributed by atoms with Gasteiger partial charge in [0.15, 0.2) is 10.9 Å². The number of carbonyl (C=O) groups excluding carboxylic acids is 3. The number of rotatable bonds is 6. The molecule has 1 aromatic carbocycles. The van der Waals surface area contributed by atoms with E-state index in [0.29, 0.717) is 5.56 Å². The summed E-state index contributed by atoms with van der Waals surface area (Å²) < 4.78 is 11.1. The number of anilines is 1. The van der Waals surface area contributed by atoms with E-state index in [1.165, 1.54) is 4.90 Å². The molecule has 0 bridgehead atoms. The van der Waals surface area contributed by atoms with Crippen LogP contribution < -0.4 is 10.2 Å². The summed E-state index contributed by atoms with van der Waals surface area (Å²) in [4.78, 5) is 50.5. The molecule has 3 saturated heterocycles. The van der Waals surface area contributed by atoms with Crippen LogP contribution in [0.5, 0.6) is 0 Å². The Morgan fingerprint density at radius 2 is 1.85 bits per heavy atom. The highest BCUT2D eigenvalue weighted by atomic mass is 32.1. The van der Waals surface area contributed by atoms with Gasteiger partial charge in [0.2, 0.25) is 5.91 Å². The largest absolute Gasteiger partial charge is 0.377 e. The van der Waals surface area contributed by atoms with Crippen LogP contribution in [0.4, 0.5) is 5.13 Å². The van der Waals surface area contributed by atoms with Gasteiger partial charge in [0.1, 0.15) is 30.9 Å². The molecule has 4 atom stereocenters. The van der Waals surface area contributed by atoms with Gasteiger partial charge in [-0.2, -0.15) is 0 Å². The lowest BCUT2D eigenvalue weighted by molar-refractivity contribution is -0.140. The monoisotopic (exact) mass is 555 g/mol. The number of nitrogens with one attached hydrogen (secondary N) is 1. The van der Waals surface area contributed by atoms with Crippen molar-refractivity contribution in [2.24, 2.45) is 5.41 Å². The van der Waals surface area contributed by atoms with Crippen LogP contribution in [-0.4, -0.2) is 110 Å². The lowest BCUT2D eigenvalue weighted by Crippen LogP contribution is -2.57. The van der Waals surface area contributed by atoms with Crippen molar-refractivity contribution in [3.8, 4) is 11.3 Å². The van der Waals surface area contributed by atoms with Gasteiger partial charge in [-0.15, -0.1) is 11.3 Å². The Bertz CT molecular complexity index is 1220. The summed E-state index contributed by atoms with van der Waals surface area (Å²) in [6.07, 6.45) is -0.852. The van der Waals surface area contributed by atoms with Gasteiger partial charge in [-0.3, -0.25) is 14.4 Å². The second-order valence-corrected chi connectivity index (χ2v) is 12.4. The summed E-state index contributed by atoms with van der Waals surface area (Å²) in [7, 11) is 3.68. The number of ketones is 1. The van der Waals surface area contributed by atoms with Gasteiger partial charge in [0.25, 0.3) is 5.91 Å². The Morgan fingerprint density at radius 3 is 2.49 bits per heavy atom. The van der Waals surface area contributed by atoms with Crippen molar-refractivity contribution in [3.05, 3.63) is 35.2 Å². The molecule has 3 aliphatic heterocycles. The zero-order chi connectivity index (χ0) is 27.9. The first-order chi connectivity index (χ1) is 18.6. The summed E-state index contributed by atoms with van der Waals surface area (Å²) >= 11 is 1.63. The molecule has 2 aromatic rings. The number of fused-ring (bicyclic) bond motifs is 1. The van der Waals surface area contributed by atoms with Gasteiger partial charge in [-0.25, -0.2) is 4.98 Å². The minimum absolute atomic E-state index is 0.0340. The second kappa shape index (κ2) is 11.0. The van der Waals surface area contributed by atoms with Crippen LogP contribution >= 0.6 is 11.3 Å². The number of thiazole rings is 1. The number of carbonyl (C=O) groups is 3. The Balaban J connectivity index is 1.28. The van der Waals surface area contributed by atoms with Crippen molar-refractivity contribution < 1.29 is 23.9 Å². The zero-order valence-electron chi connectivity index (χ0n) is 23.2. The first kappa shape index (κ1) is 27.7. The minimum atomic E-state index is -0.834.